The summed E-state index contributed by atoms with van der Waals surface area (Å²) in [6.07, 6.45) is -4.69. The van der Waals surface area contributed by atoms with E-state index >= 15 is 0 Å². The number of hydrogen-bond donors (Lipinski definition) is 0. The number of halogens is 3. The maximum absolute atomic E-state index is 12.0. The van der Waals surface area contributed by atoms with E-state index in [1.54, 1.807) is 6.07 Å². The van der Waals surface area contributed by atoms with E-state index in [4.69, 9.17) is 0 Å². The maximum Gasteiger partial charge on any atom is 0.454 e. The van der Waals surface area contributed by atoms with Crippen LogP contribution in [0.1, 0.15) is 15.9 Å². The summed E-state index contributed by atoms with van der Waals surface area (Å²) < 4.78 is 40.7. The summed E-state index contributed by atoms with van der Waals surface area (Å²) in [7, 11) is 0. The zero-order valence-electron chi connectivity index (χ0n) is 8.25. The van der Waals surface area contributed by atoms with E-state index in [9.17, 15) is 22.8 Å². The molecule has 0 aromatic heterocycles. The van der Waals surface area contributed by atoms with E-state index in [1.807, 2.05) is 0 Å². The van der Waals surface area contributed by atoms with Crippen molar-refractivity contribution in [3.8, 4) is 0 Å². The topological polar surface area (TPSA) is 43.4 Å². The van der Waals surface area contributed by atoms with Crippen LogP contribution in [0.2, 0.25) is 0 Å². The third-order valence-corrected chi connectivity index (χ3v) is 2.16. The molecule has 0 unspecified atom stereocenters. The second kappa shape index (κ2) is 3.73. The Morgan fingerprint density at radius 1 is 1.18 bits per heavy atom. The number of esters is 1. The van der Waals surface area contributed by atoms with Gasteiger partial charge in [-0.25, -0.2) is 4.79 Å². The summed E-state index contributed by atoms with van der Waals surface area (Å²) in [6.45, 7) is 0. The summed E-state index contributed by atoms with van der Waals surface area (Å²) in [6, 6.07) is 5.91. The lowest BCUT2D eigenvalue weighted by atomic mass is 10.1. The van der Waals surface area contributed by atoms with Gasteiger partial charge in [0.2, 0.25) is 0 Å². The minimum Gasteiger partial charge on any atom is -0.422 e. The third kappa shape index (κ3) is 2.06. The molecule has 1 aromatic carbocycles. The Morgan fingerprint density at radius 2 is 1.76 bits per heavy atom. The molecule has 0 aliphatic carbocycles. The molecule has 1 aliphatic rings. The Kier molecular flexibility index (Phi) is 2.49. The summed E-state index contributed by atoms with van der Waals surface area (Å²) in [5, 5.41) is 0. The molecule has 6 heteroatoms. The first-order chi connectivity index (χ1) is 7.89. The van der Waals surface area contributed by atoms with Crippen LogP contribution in [0.5, 0.6) is 0 Å². The smallest absolute Gasteiger partial charge is 0.422 e. The van der Waals surface area contributed by atoms with Crippen molar-refractivity contribution in [2.75, 3.05) is 0 Å². The van der Waals surface area contributed by atoms with Crippen molar-refractivity contribution in [2.24, 2.45) is 0 Å². The number of carbonyl (C=O) groups is 2. The van der Waals surface area contributed by atoms with Crippen molar-refractivity contribution in [1.82, 2.24) is 0 Å². The molecular weight excluding hydrogens is 237 g/mol. The maximum atomic E-state index is 12.0. The molecule has 0 amide bonds. The summed E-state index contributed by atoms with van der Waals surface area (Å²) in [5.74, 6) is -3.19. The van der Waals surface area contributed by atoms with Crippen LogP contribution in [0.25, 0.3) is 5.76 Å². The first-order valence-corrected chi connectivity index (χ1v) is 4.54. The molecule has 0 fully saturated rings. The van der Waals surface area contributed by atoms with Gasteiger partial charge in [0.05, 0.1) is 5.56 Å². The molecule has 0 bridgehead atoms. The highest BCUT2D eigenvalue weighted by atomic mass is 19.4. The van der Waals surface area contributed by atoms with Crippen LogP contribution < -0.4 is 0 Å². The van der Waals surface area contributed by atoms with E-state index in [1.165, 1.54) is 18.2 Å². The number of ketones is 1. The summed E-state index contributed by atoms with van der Waals surface area (Å²) >= 11 is 0. The molecule has 3 nitrogen and oxygen atoms in total. The molecular formula is C11H5F3O3. The van der Waals surface area contributed by atoms with Gasteiger partial charge in [-0.3, -0.25) is 4.79 Å². The van der Waals surface area contributed by atoms with Crippen molar-refractivity contribution in [3.63, 3.8) is 0 Å². The van der Waals surface area contributed by atoms with Gasteiger partial charge in [-0.15, -0.1) is 0 Å². The normalized spacial score (nSPS) is 16.9. The average Bonchev–Trinajstić information content (AvgIpc) is 2.56. The van der Waals surface area contributed by atoms with E-state index in [-0.39, 0.29) is 23.0 Å². The molecule has 0 radical (unpaired) electrons. The SMILES string of the molecule is O=C1O/C(=C/C(=O)C(F)(F)F)c2ccccc21. The van der Waals surface area contributed by atoms with Crippen LogP contribution in [-0.4, -0.2) is 17.9 Å². The fourth-order valence-corrected chi connectivity index (χ4v) is 1.39. The van der Waals surface area contributed by atoms with Crippen LogP contribution >= 0.6 is 0 Å². The molecule has 1 aromatic rings. The zero-order valence-corrected chi connectivity index (χ0v) is 8.25. The minimum absolute atomic E-state index is 0.147. The number of ether oxygens (including phenoxy) is 1. The van der Waals surface area contributed by atoms with Gasteiger partial charge in [-0.05, 0) is 6.07 Å². The van der Waals surface area contributed by atoms with Crippen LogP contribution in [0.4, 0.5) is 13.2 Å². The fourth-order valence-electron chi connectivity index (χ4n) is 1.39. The lowest BCUT2D eigenvalue weighted by Crippen LogP contribution is -2.20. The molecule has 0 spiro atoms. The Labute approximate surface area is 93.5 Å². The van der Waals surface area contributed by atoms with Gasteiger partial charge >= 0.3 is 12.1 Å². The largest absolute Gasteiger partial charge is 0.454 e. The molecule has 1 aliphatic heterocycles. The lowest BCUT2D eigenvalue weighted by molar-refractivity contribution is -0.165. The van der Waals surface area contributed by atoms with Crippen LogP contribution in [0.15, 0.2) is 30.3 Å². The van der Waals surface area contributed by atoms with Gasteiger partial charge in [0.1, 0.15) is 5.76 Å². The number of benzene rings is 1. The number of rotatable bonds is 1. The Morgan fingerprint density at radius 3 is 2.35 bits per heavy atom. The first kappa shape index (κ1) is 11.4. The number of hydrogen-bond acceptors (Lipinski definition) is 3. The minimum atomic E-state index is -4.98. The predicted octanol–water partition coefficient (Wildman–Crippen LogP) is 2.33. The number of alkyl halides is 3. The Balaban J connectivity index is 2.42. The van der Waals surface area contributed by atoms with Crippen LogP contribution in [-0.2, 0) is 9.53 Å². The van der Waals surface area contributed by atoms with Crippen molar-refractivity contribution >= 4 is 17.5 Å². The van der Waals surface area contributed by atoms with E-state index in [0.717, 1.165) is 0 Å². The van der Waals surface area contributed by atoms with E-state index in [0.29, 0.717) is 0 Å². The molecule has 2 rings (SSSR count). The van der Waals surface area contributed by atoms with Gasteiger partial charge in [0.25, 0.3) is 5.78 Å². The van der Waals surface area contributed by atoms with Crippen molar-refractivity contribution in [1.29, 1.82) is 0 Å². The number of allylic oxidation sites excluding steroid dienone is 1. The molecule has 0 saturated heterocycles. The Bertz CT molecular complexity index is 529. The average molecular weight is 242 g/mol. The van der Waals surface area contributed by atoms with Gasteiger partial charge in [-0.2, -0.15) is 13.2 Å². The lowest BCUT2D eigenvalue weighted by Gasteiger charge is -2.01. The van der Waals surface area contributed by atoms with Gasteiger partial charge in [-0.1, -0.05) is 18.2 Å². The highest BCUT2D eigenvalue weighted by molar-refractivity contribution is 6.08. The van der Waals surface area contributed by atoms with Gasteiger partial charge in [0, 0.05) is 11.6 Å². The molecule has 0 saturated carbocycles. The highest BCUT2D eigenvalue weighted by Crippen LogP contribution is 2.30. The monoisotopic (exact) mass is 242 g/mol. The van der Waals surface area contributed by atoms with Crippen LogP contribution in [0.3, 0.4) is 0 Å². The summed E-state index contributed by atoms with van der Waals surface area (Å²) in [5.41, 5.74) is 0.337. The van der Waals surface area contributed by atoms with E-state index in [2.05, 4.69) is 4.74 Å². The van der Waals surface area contributed by atoms with Crippen LogP contribution in [0, 0.1) is 0 Å². The van der Waals surface area contributed by atoms with Gasteiger partial charge in [0.15, 0.2) is 0 Å². The number of cyclic esters (lactones) is 1. The first-order valence-electron chi connectivity index (χ1n) is 4.54. The summed E-state index contributed by atoms with van der Waals surface area (Å²) in [4.78, 5) is 22.0. The highest BCUT2D eigenvalue weighted by Gasteiger charge is 2.38. The molecule has 0 atom stereocenters. The second-order valence-electron chi connectivity index (χ2n) is 3.31. The third-order valence-electron chi connectivity index (χ3n) is 2.16. The standard InChI is InChI=1S/C11H5F3O3/c12-11(13,14)9(15)5-8-6-3-1-2-4-7(6)10(16)17-8/h1-5H/b8-5+. The molecule has 88 valence electrons. The molecule has 1 heterocycles. The van der Waals surface area contributed by atoms with E-state index < -0.39 is 17.9 Å². The second-order valence-corrected chi connectivity index (χ2v) is 3.31. The molecule has 0 N–H and O–H groups in total. The Hall–Kier alpha value is -2.11. The van der Waals surface area contributed by atoms with Crippen molar-refractivity contribution in [2.45, 2.75) is 6.18 Å². The fraction of sp³-hybridized carbons (Fsp3) is 0.0909. The quantitative estimate of drug-likeness (QED) is 0.560. The molecule has 17 heavy (non-hydrogen) atoms. The number of carbonyl (C=O) groups excluding carboxylic acids is 2. The predicted molar refractivity (Wildman–Crippen MR) is 50.9 cm³/mol. The number of fused-ring (bicyclic) bond motifs is 1. The van der Waals surface area contributed by atoms with Crippen molar-refractivity contribution in [3.05, 3.63) is 41.5 Å². The van der Waals surface area contributed by atoms with Gasteiger partial charge < -0.3 is 4.74 Å². The van der Waals surface area contributed by atoms with Crippen molar-refractivity contribution < 1.29 is 27.5 Å². The zero-order chi connectivity index (χ0) is 12.6.